The molecule has 0 aliphatic heterocycles. The predicted molar refractivity (Wildman–Crippen MR) is 68.2 cm³/mol. The predicted octanol–water partition coefficient (Wildman–Crippen LogP) is 2.37. The lowest BCUT2D eigenvalue weighted by molar-refractivity contribution is 0.0592. The van der Waals surface area contributed by atoms with Crippen molar-refractivity contribution in [3.63, 3.8) is 0 Å². The molecule has 0 bridgehead atoms. The highest BCUT2D eigenvalue weighted by molar-refractivity contribution is 7.12. The smallest absolute Gasteiger partial charge is 0.0701 e. The van der Waals surface area contributed by atoms with Gasteiger partial charge in [-0.3, -0.25) is 0 Å². The molecule has 0 saturated heterocycles. The number of likely N-dealkylation sites (N-methyl/N-ethyl adjacent to an activating group) is 1. The van der Waals surface area contributed by atoms with Crippen LogP contribution in [-0.2, 0) is 9.47 Å². The molecule has 1 rings (SSSR count). The molecular weight excluding hydrogens is 222 g/mol. The van der Waals surface area contributed by atoms with Crippen LogP contribution in [-0.4, -0.2) is 33.5 Å². The van der Waals surface area contributed by atoms with Crippen molar-refractivity contribution in [1.82, 2.24) is 5.32 Å². The Hall–Kier alpha value is -0.420. The first-order valence-corrected chi connectivity index (χ1v) is 6.46. The van der Waals surface area contributed by atoms with E-state index in [9.17, 15) is 0 Å². The molecule has 0 aliphatic rings. The minimum Gasteiger partial charge on any atom is -0.382 e. The van der Waals surface area contributed by atoms with Crippen molar-refractivity contribution in [3.8, 4) is 0 Å². The van der Waals surface area contributed by atoms with Crippen molar-refractivity contribution in [2.45, 2.75) is 19.9 Å². The fourth-order valence-electron chi connectivity index (χ4n) is 1.47. The lowest BCUT2D eigenvalue weighted by atomic mass is 10.2. The van der Waals surface area contributed by atoms with Gasteiger partial charge >= 0.3 is 0 Å². The van der Waals surface area contributed by atoms with Crippen molar-refractivity contribution in [3.05, 3.63) is 21.9 Å². The largest absolute Gasteiger partial charge is 0.382 e. The quantitative estimate of drug-likeness (QED) is 0.711. The fraction of sp³-hybridized carbons (Fsp3) is 0.667. The summed E-state index contributed by atoms with van der Waals surface area (Å²) in [7, 11) is 1.69. The van der Waals surface area contributed by atoms with Gasteiger partial charge in [0.05, 0.1) is 25.9 Å². The average molecular weight is 243 g/mol. The van der Waals surface area contributed by atoms with Gasteiger partial charge < -0.3 is 14.8 Å². The summed E-state index contributed by atoms with van der Waals surface area (Å²) in [5.74, 6) is 0. The third-order valence-electron chi connectivity index (χ3n) is 2.27. The number of methoxy groups -OCH3 is 1. The summed E-state index contributed by atoms with van der Waals surface area (Å²) >= 11 is 1.83. The summed E-state index contributed by atoms with van der Waals surface area (Å²) in [6.45, 7) is 7.21. The van der Waals surface area contributed by atoms with Crippen LogP contribution in [0.25, 0.3) is 0 Å². The molecule has 0 saturated carbocycles. The van der Waals surface area contributed by atoms with Crippen LogP contribution in [0.3, 0.4) is 0 Å². The number of hydrogen-bond acceptors (Lipinski definition) is 4. The summed E-state index contributed by atoms with van der Waals surface area (Å²) in [5, 5.41) is 3.43. The molecule has 0 aromatic carbocycles. The fourth-order valence-corrected chi connectivity index (χ4v) is 2.41. The van der Waals surface area contributed by atoms with Gasteiger partial charge in [0.2, 0.25) is 0 Å². The Kier molecular flexibility index (Phi) is 6.64. The van der Waals surface area contributed by atoms with E-state index in [1.54, 1.807) is 7.11 Å². The van der Waals surface area contributed by atoms with Crippen molar-refractivity contribution in [2.75, 3.05) is 33.5 Å². The second-order valence-corrected chi connectivity index (χ2v) is 4.95. The molecule has 1 aromatic rings. The molecule has 16 heavy (non-hydrogen) atoms. The Bertz CT molecular complexity index is 288. The van der Waals surface area contributed by atoms with Crippen LogP contribution in [0.2, 0.25) is 0 Å². The van der Waals surface area contributed by atoms with Gasteiger partial charge in [0.15, 0.2) is 0 Å². The van der Waals surface area contributed by atoms with E-state index in [-0.39, 0.29) is 0 Å². The Balaban J connectivity index is 2.41. The van der Waals surface area contributed by atoms with Crippen LogP contribution in [0.1, 0.15) is 22.7 Å². The number of aryl methyl sites for hydroxylation is 1. The van der Waals surface area contributed by atoms with E-state index < -0.39 is 0 Å². The highest BCUT2D eigenvalue weighted by atomic mass is 32.1. The molecule has 1 unspecified atom stereocenters. The summed E-state index contributed by atoms with van der Waals surface area (Å²) in [6, 6.07) is 4.63. The van der Waals surface area contributed by atoms with Gasteiger partial charge in [0.25, 0.3) is 0 Å². The van der Waals surface area contributed by atoms with Crippen LogP contribution < -0.4 is 5.32 Å². The maximum atomic E-state index is 5.57. The zero-order valence-corrected chi connectivity index (χ0v) is 11.1. The first-order valence-electron chi connectivity index (χ1n) is 5.64. The lowest BCUT2D eigenvalue weighted by Gasteiger charge is -2.16. The molecule has 1 heterocycles. The van der Waals surface area contributed by atoms with Crippen molar-refractivity contribution in [2.24, 2.45) is 0 Å². The minimum atomic E-state index is 0.306. The molecular formula is C12H21NO2S. The number of hydrogen-bond donors (Lipinski definition) is 1. The van der Waals surface area contributed by atoms with E-state index in [1.165, 1.54) is 9.75 Å². The van der Waals surface area contributed by atoms with Gasteiger partial charge in [-0.25, -0.2) is 0 Å². The second kappa shape index (κ2) is 7.79. The number of thiophene rings is 1. The van der Waals surface area contributed by atoms with Crippen molar-refractivity contribution >= 4 is 11.3 Å². The molecule has 1 aromatic heterocycles. The molecule has 0 radical (unpaired) electrons. The molecule has 92 valence electrons. The molecule has 4 heteroatoms. The summed E-state index contributed by atoms with van der Waals surface area (Å²) in [4.78, 5) is 2.69. The van der Waals surface area contributed by atoms with Gasteiger partial charge in [0, 0.05) is 16.9 Å². The van der Waals surface area contributed by atoms with Gasteiger partial charge in [-0.05, 0) is 25.6 Å². The molecule has 0 amide bonds. The number of nitrogens with one attached hydrogen (secondary N) is 1. The van der Waals surface area contributed by atoms with Gasteiger partial charge in [0.1, 0.15) is 0 Å². The molecule has 0 aliphatic carbocycles. The van der Waals surface area contributed by atoms with E-state index in [2.05, 4.69) is 31.3 Å². The molecule has 3 nitrogen and oxygen atoms in total. The van der Waals surface area contributed by atoms with Crippen LogP contribution in [0.15, 0.2) is 12.1 Å². The van der Waals surface area contributed by atoms with Crippen LogP contribution in [0.4, 0.5) is 0 Å². The van der Waals surface area contributed by atoms with Crippen molar-refractivity contribution in [1.29, 1.82) is 0 Å². The van der Waals surface area contributed by atoms with E-state index >= 15 is 0 Å². The second-order valence-electron chi connectivity index (χ2n) is 3.63. The number of rotatable bonds is 8. The van der Waals surface area contributed by atoms with E-state index in [1.807, 2.05) is 11.3 Å². The summed E-state index contributed by atoms with van der Waals surface area (Å²) in [5.41, 5.74) is 0. The average Bonchev–Trinajstić information content (AvgIpc) is 2.69. The lowest BCUT2D eigenvalue weighted by Crippen LogP contribution is -2.25. The van der Waals surface area contributed by atoms with E-state index in [0.29, 0.717) is 25.9 Å². The SMILES string of the molecule is CCNC(COCCOC)c1ccc(C)s1. The maximum Gasteiger partial charge on any atom is 0.0701 e. The molecule has 0 spiro atoms. The summed E-state index contributed by atoms with van der Waals surface area (Å²) in [6.07, 6.45) is 0. The first kappa shape index (κ1) is 13.6. The van der Waals surface area contributed by atoms with Crippen LogP contribution >= 0.6 is 11.3 Å². The molecule has 0 fully saturated rings. The van der Waals surface area contributed by atoms with Crippen LogP contribution in [0.5, 0.6) is 0 Å². The normalized spacial score (nSPS) is 12.9. The standard InChI is InChI=1S/C12H21NO2S/c1-4-13-11(9-15-8-7-14-3)12-6-5-10(2)16-12/h5-6,11,13H,4,7-9H2,1-3H3. The first-order chi connectivity index (χ1) is 7.77. The van der Waals surface area contributed by atoms with E-state index in [0.717, 1.165) is 6.54 Å². The van der Waals surface area contributed by atoms with Crippen molar-refractivity contribution < 1.29 is 9.47 Å². The monoisotopic (exact) mass is 243 g/mol. The Morgan fingerprint density at radius 2 is 2.19 bits per heavy atom. The zero-order chi connectivity index (χ0) is 11.8. The van der Waals surface area contributed by atoms with Crippen LogP contribution in [0, 0.1) is 6.92 Å². The minimum absolute atomic E-state index is 0.306. The van der Waals surface area contributed by atoms with Gasteiger partial charge in [-0.2, -0.15) is 0 Å². The third kappa shape index (κ3) is 4.61. The highest BCUT2D eigenvalue weighted by Crippen LogP contribution is 2.22. The zero-order valence-electron chi connectivity index (χ0n) is 10.3. The topological polar surface area (TPSA) is 30.5 Å². The highest BCUT2D eigenvalue weighted by Gasteiger charge is 2.12. The Morgan fingerprint density at radius 1 is 1.38 bits per heavy atom. The molecule has 1 N–H and O–H groups in total. The Labute approximate surface area is 102 Å². The van der Waals surface area contributed by atoms with E-state index in [4.69, 9.17) is 9.47 Å². The summed E-state index contributed by atoms with van der Waals surface area (Å²) < 4.78 is 10.5. The van der Waals surface area contributed by atoms with Gasteiger partial charge in [-0.15, -0.1) is 11.3 Å². The molecule has 1 atom stereocenters. The Morgan fingerprint density at radius 3 is 2.75 bits per heavy atom. The number of ether oxygens (including phenoxy) is 2. The maximum absolute atomic E-state index is 5.57. The van der Waals surface area contributed by atoms with Gasteiger partial charge in [-0.1, -0.05) is 6.92 Å². The third-order valence-corrected chi connectivity index (χ3v) is 3.39.